The lowest BCUT2D eigenvalue weighted by Crippen LogP contribution is -2.34. The number of hydrogen-bond donors (Lipinski definition) is 1. The number of carboxylic acid groups (broad SMARTS) is 1. The van der Waals surface area contributed by atoms with Crippen LogP contribution in [-0.2, 0) is 19.4 Å². The fourth-order valence-electron chi connectivity index (χ4n) is 0.925. The lowest BCUT2D eigenvalue weighted by atomic mass is 10.4. The van der Waals surface area contributed by atoms with Crippen LogP contribution in [0.3, 0.4) is 0 Å². The van der Waals surface area contributed by atoms with Crippen molar-refractivity contribution >= 4 is 21.7 Å². The summed E-state index contributed by atoms with van der Waals surface area (Å²) >= 11 is 0. The number of nitrogens with zero attached hydrogens (tertiary/aromatic N) is 1. The highest BCUT2D eigenvalue weighted by Crippen LogP contribution is 1.96. The summed E-state index contributed by atoms with van der Waals surface area (Å²) in [6, 6.07) is 0. The summed E-state index contributed by atoms with van der Waals surface area (Å²) in [6.07, 6.45) is 1.00. The van der Waals surface area contributed by atoms with E-state index in [0.717, 1.165) is 4.90 Å². The summed E-state index contributed by atoms with van der Waals surface area (Å²) in [4.78, 5) is 22.7. The smallest absolute Gasteiger partial charge is 0.305 e. The lowest BCUT2D eigenvalue weighted by molar-refractivity contribution is -0.137. The average molecular weight is 249 g/mol. The third kappa shape index (κ3) is 6.18. The molecule has 0 radical (unpaired) electrons. The van der Waals surface area contributed by atoms with E-state index in [-0.39, 0.29) is 18.7 Å². The van der Waals surface area contributed by atoms with Crippen LogP contribution in [0, 0.1) is 0 Å². The molecule has 0 saturated heterocycles. The summed E-state index contributed by atoms with van der Waals surface area (Å²) in [6.45, 7) is 3.27. The van der Waals surface area contributed by atoms with Gasteiger partial charge in [0.05, 0.1) is 12.2 Å². The van der Waals surface area contributed by atoms with Crippen LogP contribution in [0.2, 0.25) is 0 Å². The number of amides is 1. The van der Waals surface area contributed by atoms with Gasteiger partial charge in [-0.2, -0.15) is 0 Å². The van der Waals surface area contributed by atoms with Gasteiger partial charge in [-0.1, -0.05) is 6.08 Å². The summed E-state index contributed by atoms with van der Waals surface area (Å²) in [7, 11) is -2.10. The Morgan fingerprint density at radius 2 is 2.00 bits per heavy atom. The molecule has 0 aromatic carbocycles. The van der Waals surface area contributed by atoms with E-state index in [4.69, 9.17) is 5.11 Å². The van der Waals surface area contributed by atoms with Crippen molar-refractivity contribution in [3.63, 3.8) is 0 Å². The first-order valence-corrected chi connectivity index (χ1v) is 6.37. The van der Waals surface area contributed by atoms with E-state index in [1.54, 1.807) is 0 Å². The Morgan fingerprint density at radius 1 is 1.44 bits per heavy atom. The fraction of sp³-hybridized carbons (Fsp3) is 0.556. The van der Waals surface area contributed by atoms with Gasteiger partial charge in [0, 0.05) is 13.6 Å². The minimum Gasteiger partial charge on any atom is -0.481 e. The van der Waals surface area contributed by atoms with Crippen LogP contribution in [0.1, 0.15) is 6.42 Å². The van der Waals surface area contributed by atoms with E-state index in [1.165, 1.54) is 13.1 Å². The first-order chi connectivity index (χ1) is 7.28. The predicted octanol–water partition coefficient (Wildman–Crippen LogP) is -0.480. The van der Waals surface area contributed by atoms with Gasteiger partial charge < -0.3 is 10.0 Å². The van der Waals surface area contributed by atoms with Crippen LogP contribution in [0.15, 0.2) is 12.7 Å². The van der Waals surface area contributed by atoms with Crippen molar-refractivity contribution < 1.29 is 23.1 Å². The van der Waals surface area contributed by atoms with E-state index in [0.29, 0.717) is 0 Å². The Balaban J connectivity index is 4.25. The van der Waals surface area contributed by atoms with Crippen LogP contribution >= 0.6 is 0 Å². The van der Waals surface area contributed by atoms with Crippen LogP contribution in [0.4, 0.5) is 0 Å². The highest BCUT2D eigenvalue weighted by atomic mass is 32.2. The molecule has 0 aliphatic heterocycles. The van der Waals surface area contributed by atoms with E-state index in [9.17, 15) is 18.0 Å². The summed E-state index contributed by atoms with van der Waals surface area (Å²) in [5, 5.41) is 8.39. The Labute approximate surface area is 94.5 Å². The molecule has 0 bridgehead atoms. The van der Waals surface area contributed by atoms with Gasteiger partial charge in [0.2, 0.25) is 5.91 Å². The predicted molar refractivity (Wildman–Crippen MR) is 58.7 cm³/mol. The van der Waals surface area contributed by atoms with Crippen LogP contribution < -0.4 is 0 Å². The van der Waals surface area contributed by atoms with Gasteiger partial charge in [-0.25, -0.2) is 8.42 Å². The first-order valence-electron chi connectivity index (χ1n) is 4.55. The highest BCUT2D eigenvalue weighted by molar-refractivity contribution is 7.92. The third-order valence-corrected chi connectivity index (χ3v) is 3.23. The number of aliphatic carboxylic acids is 1. The molecule has 6 nitrogen and oxygen atoms in total. The molecule has 1 N–H and O–H groups in total. The van der Waals surface area contributed by atoms with Gasteiger partial charge in [-0.3, -0.25) is 9.59 Å². The number of carbonyl (C=O) groups excluding carboxylic acids is 1. The molecule has 0 rings (SSSR count). The molecule has 0 atom stereocenters. The molecule has 0 aromatic rings. The monoisotopic (exact) mass is 249 g/mol. The molecule has 0 spiro atoms. The molecule has 0 aliphatic carbocycles. The number of rotatable bonds is 7. The van der Waals surface area contributed by atoms with E-state index < -0.39 is 27.5 Å². The van der Waals surface area contributed by atoms with E-state index in [1.807, 2.05) is 0 Å². The molecular formula is C9H15NO5S. The van der Waals surface area contributed by atoms with Crippen LogP contribution in [0.5, 0.6) is 0 Å². The van der Waals surface area contributed by atoms with Crippen LogP contribution in [-0.4, -0.2) is 55.4 Å². The maximum atomic E-state index is 11.4. The minimum absolute atomic E-state index is 0.00221. The quantitative estimate of drug-likeness (QED) is 0.615. The van der Waals surface area contributed by atoms with Crippen LogP contribution in [0.25, 0.3) is 0 Å². The van der Waals surface area contributed by atoms with Crippen molar-refractivity contribution in [2.75, 3.05) is 25.1 Å². The van der Waals surface area contributed by atoms with Crippen molar-refractivity contribution in [2.45, 2.75) is 6.42 Å². The highest BCUT2D eigenvalue weighted by Gasteiger charge is 2.18. The topological polar surface area (TPSA) is 91.8 Å². The zero-order chi connectivity index (χ0) is 12.8. The minimum atomic E-state index is -3.47. The fourth-order valence-corrected chi connectivity index (χ4v) is 2.00. The normalized spacial score (nSPS) is 10.8. The maximum Gasteiger partial charge on any atom is 0.305 e. The van der Waals surface area contributed by atoms with Gasteiger partial charge >= 0.3 is 5.97 Å². The van der Waals surface area contributed by atoms with Gasteiger partial charge in [0.15, 0.2) is 9.84 Å². The molecule has 0 unspecified atom stereocenters. The second-order valence-electron chi connectivity index (χ2n) is 3.30. The molecular weight excluding hydrogens is 234 g/mol. The molecule has 0 aromatic heterocycles. The molecule has 0 fully saturated rings. The van der Waals surface area contributed by atoms with E-state index >= 15 is 0 Å². The molecule has 7 heteroatoms. The van der Waals surface area contributed by atoms with Crippen molar-refractivity contribution in [2.24, 2.45) is 0 Å². The summed E-state index contributed by atoms with van der Waals surface area (Å²) in [5.41, 5.74) is 0. The standard InChI is InChI=1S/C9H15NO5S/c1-3-6-16(14,15)7-8(11)10(2)5-4-9(12)13/h3H,1,4-7H2,2H3,(H,12,13). The second kappa shape index (κ2) is 6.26. The Bertz CT molecular complexity index is 373. The average Bonchev–Trinajstić information content (AvgIpc) is 2.12. The van der Waals surface area contributed by atoms with Crippen molar-refractivity contribution in [1.29, 1.82) is 0 Å². The molecule has 0 aliphatic rings. The molecule has 0 saturated carbocycles. The third-order valence-electron chi connectivity index (χ3n) is 1.80. The number of carboxylic acids is 1. The maximum absolute atomic E-state index is 11.4. The molecule has 92 valence electrons. The Kier molecular flexibility index (Phi) is 5.73. The summed E-state index contributed by atoms with van der Waals surface area (Å²) in [5.74, 6) is -2.52. The second-order valence-corrected chi connectivity index (χ2v) is 5.41. The Hall–Kier alpha value is -1.37. The number of carbonyl (C=O) groups is 2. The van der Waals surface area contributed by atoms with Crippen molar-refractivity contribution in [3.05, 3.63) is 12.7 Å². The Morgan fingerprint density at radius 3 is 2.44 bits per heavy atom. The van der Waals surface area contributed by atoms with Gasteiger partial charge in [-0.15, -0.1) is 6.58 Å². The van der Waals surface area contributed by atoms with Gasteiger partial charge in [0.1, 0.15) is 5.75 Å². The van der Waals surface area contributed by atoms with Crippen molar-refractivity contribution in [1.82, 2.24) is 4.90 Å². The molecule has 1 amide bonds. The van der Waals surface area contributed by atoms with Gasteiger partial charge in [0.25, 0.3) is 0 Å². The molecule has 16 heavy (non-hydrogen) atoms. The van der Waals surface area contributed by atoms with Crippen molar-refractivity contribution in [3.8, 4) is 0 Å². The lowest BCUT2D eigenvalue weighted by Gasteiger charge is -2.15. The molecule has 0 heterocycles. The number of sulfone groups is 1. The largest absolute Gasteiger partial charge is 0.481 e. The zero-order valence-corrected chi connectivity index (χ0v) is 9.87. The van der Waals surface area contributed by atoms with E-state index in [2.05, 4.69) is 6.58 Å². The zero-order valence-electron chi connectivity index (χ0n) is 9.05. The summed E-state index contributed by atoms with van der Waals surface area (Å²) < 4.78 is 22.5. The number of hydrogen-bond acceptors (Lipinski definition) is 4. The first kappa shape index (κ1) is 14.6. The SMILES string of the molecule is C=CCS(=O)(=O)CC(=O)N(C)CCC(=O)O. The van der Waals surface area contributed by atoms with Gasteiger partial charge in [-0.05, 0) is 0 Å².